The second-order valence-corrected chi connectivity index (χ2v) is 7.07. The van der Waals surface area contributed by atoms with Crippen LogP contribution < -0.4 is 0 Å². The Labute approximate surface area is 178 Å². The summed E-state index contributed by atoms with van der Waals surface area (Å²) in [5, 5.41) is 9.29. The molecule has 5 heteroatoms. The topological polar surface area (TPSA) is 79.5 Å². The molecule has 0 spiro atoms. The second kappa shape index (κ2) is 13.1. The molecule has 0 amide bonds. The summed E-state index contributed by atoms with van der Waals surface area (Å²) < 4.78 is 5.31. The number of rotatable bonds is 12. The first-order chi connectivity index (χ1) is 14.7. The van der Waals surface area contributed by atoms with Crippen molar-refractivity contribution in [1.82, 2.24) is 0 Å². The van der Waals surface area contributed by atoms with E-state index in [1.165, 1.54) is 31.9 Å². The van der Waals surface area contributed by atoms with Crippen molar-refractivity contribution in [1.29, 1.82) is 5.26 Å². The molecule has 0 fully saturated rings. The average Bonchev–Trinajstić information content (AvgIpc) is 2.79. The predicted molar refractivity (Wildman–Crippen MR) is 118 cm³/mol. The molecule has 1 unspecified atom stereocenters. The van der Waals surface area contributed by atoms with E-state index in [1.54, 1.807) is 48.5 Å². The van der Waals surface area contributed by atoms with E-state index in [9.17, 15) is 14.9 Å². The third-order valence-corrected chi connectivity index (χ3v) is 4.69. The third kappa shape index (κ3) is 7.63. The minimum absolute atomic E-state index is 0.295. The molecule has 0 aliphatic heterocycles. The lowest BCUT2D eigenvalue weighted by Gasteiger charge is -2.05. The fourth-order valence-corrected chi connectivity index (χ4v) is 2.92. The van der Waals surface area contributed by atoms with Crippen LogP contribution in [-0.2, 0) is 4.74 Å². The van der Waals surface area contributed by atoms with Gasteiger partial charge in [0.15, 0.2) is 5.78 Å². The van der Waals surface area contributed by atoms with Crippen molar-refractivity contribution in [2.45, 2.75) is 45.4 Å². The molecule has 0 saturated carbocycles. The van der Waals surface area contributed by atoms with Crippen LogP contribution in [0.2, 0.25) is 0 Å². The van der Waals surface area contributed by atoms with Gasteiger partial charge in [-0.25, -0.2) is 4.79 Å². The normalized spacial score (nSPS) is 11.7. The van der Waals surface area contributed by atoms with Crippen molar-refractivity contribution in [2.75, 3.05) is 6.61 Å². The summed E-state index contributed by atoms with van der Waals surface area (Å²) in [5.41, 5.74) is 1.49. The number of aliphatic imine (C=N–C) groups is 1. The first-order valence-electron chi connectivity index (χ1n) is 10.5. The van der Waals surface area contributed by atoms with Gasteiger partial charge in [0.1, 0.15) is 5.92 Å². The van der Waals surface area contributed by atoms with Crippen LogP contribution in [0.4, 0.5) is 5.69 Å². The second-order valence-electron chi connectivity index (χ2n) is 7.07. The molecule has 2 aromatic rings. The maximum absolute atomic E-state index is 12.4. The minimum Gasteiger partial charge on any atom is -0.462 e. The van der Waals surface area contributed by atoms with E-state index in [2.05, 4.69) is 11.9 Å². The molecule has 2 aromatic carbocycles. The number of hydrogen-bond acceptors (Lipinski definition) is 5. The Balaban J connectivity index is 1.83. The van der Waals surface area contributed by atoms with Gasteiger partial charge in [-0.15, -0.1) is 0 Å². The summed E-state index contributed by atoms with van der Waals surface area (Å²) in [7, 11) is 0. The number of carbonyl (C=O) groups excluding carboxylic acids is 2. The van der Waals surface area contributed by atoms with E-state index in [4.69, 9.17) is 4.74 Å². The predicted octanol–water partition coefficient (Wildman–Crippen LogP) is 5.93. The summed E-state index contributed by atoms with van der Waals surface area (Å²) in [6.07, 6.45) is 8.16. The van der Waals surface area contributed by atoms with E-state index in [0.29, 0.717) is 23.4 Å². The Morgan fingerprint density at radius 3 is 2.30 bits per heavy atom. The SMILES string of the molecule is CCCCCCCCOC(=O)c1ccc(N=CC(C#N)C(=O)c2ccccc2)cc1. The summed E-state index contributed by atoms with van der Waals surface area (Å²) in [4.78, 5) is 28.7. The zero-order valence-corrected chi connectivity index (χ0v) is 17.4. The molecule has 2 rings (SSSR count). The lowest BCUT2D eigenvalue weighted by Crippen LogP contribution is -2.14. The number of benzene rings is 2. The molecule has 0 radical (unpaired) electrons. The third-order valence-electron chi connectivity index (χ3n) is 4.69. The molecule has 0 N–H and O–H groups in total. The van der Waals surface area contributed by atoms with Crippen LogP contribution in [-0.4, -0.2) is 24.6 Å². The maximum atomic E-state index is 12.4. The molecule has 1 atom stereocenters. The summed E-state index contributed by atoms with van der Waals surface area (Å²) in [6, 6.07) is 17.2. The van der Waals surface area contributed by atoms with Crippen LogP contribution in [0.1, 0.15) is 66.2 Å². The first-order valence-corrected chi connectivity index (χ1v) is 10.5. The number of hydrogen-bond donors (Lipinski definition) is 0. The van der Waals surface area contributed by atoms with Crippen molar-refractivity contribution in [3.05, 3.63) is 65.7 Å². The highest BCUT2D eigenvalue weighted by atomic mass is 16.5. The van der Waals surface area contributed by atoms with E-state index in [1.807, 2.05) is 12.1 Å². The molecule has 0 aromatic heterocycles. The monoisotopic (exact) mass is 404 g/mol. The standard InChI is InChI=1S/C25H28N2O3/c1-2-3-4-5-6-10-17-30-25(29)21-13-15-23(16-14-21)27-19-22(18-26)24(28)20-11-8-7-9-12-20/h7-9,11-16,19,22H,2-6,10,17H2,1H3. The average molecular weight is 405 g/mol. The van der Waals surface area contributed by atoms with Crippen LogP contribution in [0, 0.1) is 17.2 Å². The first kappa shape index (κ1) is 23.0. The van der Waals surface area contributed by atoms with Gasteiger partial charge in [-0.05, 0) is 30.7 Å². The van der Waals surface area contributed by atoms with E-state index >= 15 is 0 Å². The smallest absolute Gasteiger partial charge is 0.338 e. The number of esters is 1. The lowest BCUT2D eigenvalue weighted by atomic mass is 10.00. The van der Waals surface area contributed by atoms with E-state index < -0.39 is 5.92 Å². The summed E-state index contributed by atoms with van der Waals surface area (Å²) >= 11 is 0. The van der Waals surface area contributed by atoms with Gasteiger partial charge < -0.3 is 4.74 Å². The van der Waals surface area contributed by atoms with Gasteiger partial charge in [-0.1, -0.05) is 69.4 Å². The zero-order chi connectivity index (χ0) is 21.6. The number of nitriles is 1. The number of Topliss-reactive ketones (excluding diaryl/α,β-unsaturated/α-hetero) is 1. The fourth-order valence-electron chi connectivity index (χ4n) is 2.92. The van der Waals surface area contributed by atoms with Crippen LogP contribution in [0.25, 0.3) is 0 Å². The molecule has 0 saturated heterocycles. The van der Waals surface area contributed by atoms with Gasteiger partial charge in [-0.2, -0.15) is 5.26 Å². The Bertz CT molecular complexity index is 868. The molecular weight excluding hydrogens is 376 g/mol. The van der Waals surface area contributed by atoms with Crippen LogP contribution >= 0.6 is 0 Å². The molecule has 5 nitrogen and oxygen atoms in total. The lowest BCUT2D eigenvalue weighted by molar-refractivity contribution is 0.0497. The van der Waals surface area contributed by atoms with Gasteiger partial charge in [0.05, 0.1) is 23.9 Å². The van der Waals surface area contributed by atoms with Crippen molar-refractivity contribution >= 4 is 23.7 Å². The Hall–Kier alpha value is -3.26. The molecule has 0 bridgehead atoms. The Kier molecular flexibility index (Phi) is 10.0. The number of ketones is 1. The fraction of sp³-hybridized carbons (Fsp3) is 0.360. The molecule has 156 valence electrons. The van der Waals surface area contributed by atoms with Crippen molar-refractivity contribution in [3.8, 4) is 6.07 Å². The maximum Gasteiger partial charge on any atom is 0.338 e. The van der Waals surface area contributed by atoms with Crippen LogP contribution in [0.3, 0.4) is 0 Å². The van der Waals surface area contributed by atoms with E-state index in [-0.39, 0.29) is 11.8 Å². The highest BCUT2D eigenvalue weighted by molar-refractivity contribution is 6.08. The molecule has 0 aliphatic rings. The number of nitrogens with zero attached hydrogens (tertiary/aromatic N) is 2. The van der Waals surface area contributed by atoms with Crippen molar-refractivity contribution < 1.29 is 14.3 Å². The highest BCUT2D eigenvalue weighted by Crippen LogP contribution is 2.15. The number of unbranched alkanes of at least 4 members (excludes halogenated alkanes) is 5. The summed E-state index contributed by atoms with van der Waals surface area (Å²) in [6.45, 7) is 2.61. The van der Waals surface area contributed by atoms with Gasteiger partial charge in [0.2, 0.25) is 0 Å². The largest absolute Gasteiger partial charge is 0.462 e. The quantitative estimate of drug-likeness (QED) is 0.190. The zero-order valence-electron chi connectivity index (χ0n) is 17.4. The Morgan fingerprint density at radius 1 is 0.967 bits per heavy atom. The molecule has 30 heavy (non-hydrogen) atoms. The van der Waals surface area contributed by atoms with Gasteiger partial charge in [0.25, 0.3) is 0 Å². The molecule has 0 heterocycles. The van der Waals surface area contributed by atoms with Crippen molar-refractivity contribution in [2.24, 2.45) is 10.9 Å². The van der Waals surface area contributed by atoms with Gasteiger partial charge >= 0.3 is 5.97 Å². The van der Waals surface area contributed by atoms with Crippen molar-refractivity contribution in [3.63, 3.8) is 0 Å². The van der Waals surface area contributed by atoms with Crippen LogP contribution in [0.15, 0.2) is 59.6 Å². The van der Waals surface area contributed by atoms with Gasteiger partial charge in [-0.3, -0.25) is 9.79 Å². The van der Waals surface area contributed by atoms with E-state index in [0.717, 1.165) is 12.8 Å². The number of ether oxygens (including phenoxy) is 1. The minimum atomic E-state index is -0.964. The molecule has 0 aliphatic carbocycles. The van der Waals surface area contributed by atoms with Crippen LogP contribution in [0.5, 0.6) is 0 Å². The highest BCUT2D eigenvalue weighted by Gasteiger charge is 2.17. The Morgan fingerprint density at radius 2 is 1.63 bits per heavy atom. The number of carbonyl (C=O) groups is 2. The summed E-state index contributed by atoms with van der Waals surface area (Å²) in [5.74, 6) is -1.61. The van der Waals surface area contributed by atoms with Gasteiger partial charge in [0, 0.05) is 11.8 Å². The molecular formula is C25H28N2O3.